The van der Waals surface area contributed by atoms with Crippen molar-refractivity contribution in [3.63, 3.8) is 0 Å². The molecule has 0 aliphatic rings. The van der Waals surface area contributed by atoms with E-state index in [0.29, 0.717) is 19.3 Å². The standard InChI is InChI=1S/C67H112O6/c1-4-7-10-13-16-19-22-25-27-29-31-33-35-37-39-42-45-48-51-54-57-60-66(69)72-63-64(62-71-65(68)59-56-53-50-47-44-41-24-21-18-15-12-9-6-3)73-67(70)61-58-55-52-49-46-43-40-38-36-34-32-30-28-26-23-20-17-14-11-8-5-2/h7,9-10,12,16,18-19,21,25,27,30-33,41,44,50,53,64H,4-6,8,11,13-15,17,20,22-24,26,28-29,34-40,42-43,45-49,51-52,54-63H2,1-3H3/b10-7-,12-9-,19-16-,21-18-,27-25-,32-30-,33-31-,44-41-,53-50-. The molecule has 0 radical (unpaired) electrons. The second-order valence-electron chi connectivity index (χ2n) is 19.8. The Morgan fingerprint density at radius 3 is 0.932 bits per heavy atom. The van der Waals surface area contributed by atoms with Gasteiger partial charge in [-0.05, 0) is 109 Å². The highest BCUT2D eigenvalue weighted by molar-refractivity contribution is 5.71. The summed E-state index contributed by atoms with van der Waals surface area (Å²) >= 11 is 0. The molecule has 0 aromatic carbocycles. The molecule has 0 aromatic rings. The molecular formula is C67H112O6. The number of carbonyl (C=O) groups excluding carboxylic acids is 3. The van der Waals surface area contributed by atoms with Crippen molar-refractivity contribution in [3.8, 4) is 0 Å². The van der Waals surface area contributed by atoms with E-state index in [1.807, 2.05) is 6.08 Å². The van der Waals surface area contributed by atoms with Crippen LogP contribution in [-0.4, -0.2) is 37.2 Å². The van der Waals surface area contributed by atoms with Gasteiger partial charge < -0.3 is 14.2 Å². The Labute approximate surface area is 450 Å². The SMILES string of the molecule is CC/C=C\C/C=C\C/C=C\C/C=C\CCCCCCCCCCC(=O)OCC(COC(=O)CC/C=C\C/C=C\C/C=C\C/C=C\CC)OC(=O)CCCCCCCCCCC/C=C\CCCCCCCCCC. The number of unbranched alkanes of at least 4 members (excludes halogenated alkanes) is 25. The van der Waals surface area contributed by atoms with E-state index in [1.165, 1.54) is 135 Å². The maximum absolute atomic E-state index is 12.9. The van der Waals surface area contributed by atoms with Gasteiger partial charge in [0.2, 0.25) is 0 Å². The van der Waals surface area contributed by atoms with E-state index in [4.69, 9.17) is 14.2 Å². The second kappa shape index (κ2) is 60.6. The molecular weight excluding hydrogens is 901 g/mol. The topological polar surface area (TPSA) is 78.9 Å². The van der Waals surface area contributed by atoms with Gasteiger partial charge in [0.1, 0.15) is 13.2 Å². The molecule has 0 N–H and O–H groups in total. The van der Waals surface area contributed by atoms with Crippen LogP contribution in [0.4, 0.5) is 0 Å². The number of allylic oxidation sites excluding steroid dienone is 18. The lowest BCUT2D eigenvalue weighted by Gasteiger charge is -2.18. The van der Waals surface area contributed by atoms with Crippen molar-refractivity contribution in [3.05, 3.63) is 109 Å². The van der Waals surface area contributed by atoms with Gasteiger partial charge in [0.15, 0.2) is 6.10 Å². The Morgan fingerprint density at radius 1 is 0.288 bits per heavy atom. The number of ether oxygens (including phenoxy) is 3. The number of hydrogen-bond donors (Lipinski definition) is 0. The molecule has 1 unspecified atom stereocenters. The van der Waals surface area contributed by atoms with E-state index in [9.17, 15) is 14.4 Å². The summed E-state index contributed by atoms with van der Waals surface area (Å²) in [5.41, 5.74) is 0. The van der Waals surface area contributed by atoms with Gasteiger partial charge in [0.25, 0.3) is 0 Å². The highest BCUT2D eigenvalue weighted by atomic mass is 16.6. The van der Waals surface area contributed by atoms with Crippen molar-refractivity contribution in [1.82, 2.24) is 0 Å². The molecule has 0 aromatic heterocycles. The molecule has 0 amide bonds. The van der Waals surface area contributed by atoms with E-state index in [1.54, 1.807) is 0 Å². The summed E-state index contributed by atoms with van der Waals surface area (Å²) in [6, 6.07) is 0. The largest absolute Gasteiger partial charge is 0.462 e. The zero-order chi connectivity index (χ0) is 52.9. The summed E-state index contributed by atoms with van der Waals surface area (Å²) in [5.74, 6) is -0.996. The molecule has 6 heteroatoms. The van der Waals surface area contributed by atoms with Gasteiger partial charge in [-0.3, -0.25) is 14.4 Å². The van der Waals surface area contributed by atoms with Crippen LogP contribution >= 0.6 is 0 Å². The van der Waals surface area contributed by atoms with Crippen molar-refractivity contribution >= 4 is 17.9 Å². The van der Waals surface area contributed by atoms with Crippen LogP contribution in [0.3, 0.4) is 0 Å². The average molecular weight is 1010 g/mol. The monoisotopic (exact) mass is 1010 g/mol. The molecule has 0 bridgehead atoms. The molecule has 416 valence electrons. The molecule has 0 spiro atoms. The molecule has 0 saturated heterocycles. The Kier molecular flexibility index (Phi) is 57.4. The summed E-state index contributed by atoms with van der Waals surface area (Å²) in [4.78, 5) is 38.2. The molecule has 73 heavy (non-hydrogen) atoms. The first-order valence-corrected chi connectivity index (χ1v) is 30.4. The third kappa shape index (κ3) is 58.8. The van der Waals surface area contributed by atoms with E-state index < -0.39 is 6.10 Å². The molecule has 0 aliphatic carbocycles. The summed E-state index contributed by atoms with van der Waals surface area (Å²) in [6.07, 6.45) is 82.5. The van der Waals surface area contributed by atoms with Gasteiger partial charge in [-0.2, -0.15) is 0 Å². The maximum Gasteiger partial charge on any atom is 0.306 e. The first-order valence-electron chi connectivity index (χ1n) is 30.4. The van der Waals surface area contributed by atoms with Crippen molar-refractivity contribution in [1.29, 1.82) is 0 Å². The molecule has 0 rings (SSSR count). The predicted molar refractivity (Wildman–Crippen MR) is 316 cm³/mol. The first-order chi connectivity index (χ1) is 36.0. The number of rotatable bonds is 54. The summed E-state index contributed by atoms with van der Waals surface area (Å²) in [7, 11) is 0. The van der Waals surface area contributed by atoms with Crippen molar-refractivity contribution in [2.24, 2.45) is 0 Å². The minimum absolute atomic E-state index is 0.106. The van der Waals surface area contributed by atoms with E-state index >= 15 is 0 Å². The predicted octanol–water partition coefficient (Wildman–Crippen LogP) is 20.7. The summed E-state index contributed by atoms with van der Waals surface area (Å²) in [6.45, 7) is 6.35. The first kappa shape index (κ1) is 69.1. The number of hydrogen-bond acceptors (Lipinski definition) is 6. The minimum Gasteiger partial charge on any atom is -0.462 e. The number of esters is 3. The molecule has 0 heterocycles. The highest BCUT2D eigenvalue weighted by Crippen LogP contribution is 2.15. The zero-order valence-electron chi connectivity index (χ0n) is 47.6. The number of carbonyl (C=O) groups is 3. The second-order valence-corrected chi connectivity index (χ2v) is 19.8. The summed E-state index contributed by atoms with van der Waals surface area (Å²) < 4.78 is 16.8. The molecule has 1 atom stereocenters. The van der Waals surface area contributed by atoms with Crippen LogP contribution in [0.15, 0.2) is 109 Å². The fraction of sp³-hybridized carbons (Fsp3) is 0.687. The lowest BCUT2D eigenvalue weighted by atomic mass is 10.1. The van der Waals surface area contributed by atoms with Crippen LogP contribution in [-0.2, 0) is 28.6 Å². The fourth-order valence-corrected chi connectivity index (χ4v) is 8.27. The van der Waals surface area contributed by atoms with Gasteiger partial charge in [0, 0.05) is 19.3 Å². The van der Waals surface area contributed by atoms with Gasteiger partial charge >= 0.3 is 17.9 Å². The van der Waals surface area contributed by atoms with E-state index in [2.05, 4.69) is 124 Å². The Balaban J connectivity index is 4.41. The molecule has 6 nitrogen and oxygen atoms in total. The van der Waals surface area contributed by atoms with Crippen LogP contribution in [0.5, 0.6) is 0 Å². The van der Waals surface area contributed by atoms with E-state index in [0.717, 1.165) is 96.3 Å². The van der Waals surface area contributed by atoms with Crippen LogP contribution < -0.4 is 0 Å². The van der Waals surface area contributed by atoms with Crippen molar-refractivity contribution < 1.29 is 28.6 Å². The van der Waals surface area contributed by atoms with Gasteiger partial charge in [0.05, 0.1) is 0 Å². The smallest absolute Gasteiger partial charge is 0.306 e. The maximum atomic E-state index is 12.9. The highest BCUT2D eigenvalue weighted by Gasteiger charge is 2.19. The fourth-order valence-electron chi connectivity index (χ4n) is 8.27. The molecule has 0 fully saturated rings. The Bertz CT molecular complexity index is 1490. The van der Waals surface area contributed by atoms with Crippen LogP contribution in [0.2, 0.25) is 0 Å². The Morgan fingerprint density at radius 2 is 0.562 bits per heavy atom. The molecule has 0 saturated carbocycles. The third-order valence-corrected chi connectivity index (χ3v) is 12.8. The van der Waals surface area contributed by atoms with Crippen molar-refractivity contribution in [2.45, 2.75) is 284 Å². The minimum atomic E-state index is -0.814. The normalized spacial score (nSPS) is 12.9. The van der Waals surface area contributed by atoms with Crippen LogP contribution in [0.25, 0.3) is 0 Å². The van der Waals surface area contributed by atoms with Gasteiger partial charge in [-0.15, -0.1) is 0 Å². The van der Waals surface area contributed by atoms with Crippen LogP contribution in [0.1, 0.15) is 278 Å². The van der Waals surface area contributed by atoms with Gasteiger partial charge in [-0.25, -0.2) is 0 Å². The summed E-state index contributed by atoms with van der Waals surface area (Å²) in [5, 5.41) is 0. The quantitative estimate of drug-likeness (QED) is 0.0261. The zero-order valence-corrected chi connectivity index (χ0v) is 47.6. The third-order valence-electron chi connectivity index (χ3n) is 12.8. The Hall–Kier alpha value is -3.93. The van der Waals surface area contributed by atoms with Crippen molar-refractivity contribution in [2.75, 3.05) is 13.2 Å². The lowest BCUT2D eigenvalue weighted by Crippen LogP contribution is -2.30. The van der Waals surface area contributed by atoms with E-state index in [-0.39, 0.29) is 37.5 Å². The average Bonchev–Trinajstić information content (AvgIpc) is 3.39. The van der Waals surface area contributed by atoms with Crippen LogP contribution in [0, 0.1) is 0 Å². The molecule has 0 aliphatic heterocycles. The lowest BCUT2D eigenvalue weighted by molar-refractivity contribution is -0.166. The van der Waals surface area contributed by atoms with Gasteiger partial charge in [-0.1, -0.05) is 259 Å².